The third-order valence-electron chi connectivity index (χ3n) is 6.06. The summed E-state index contributed by atoms with van der Waals surface area (Å²) < 4.78 is 36.8. The molecular weight excluding hydrogens is 475 g/mol. The molecule has 1 aliphatic heterocycles. The van der Waals surface area contributed by atoms with Crippen molar-refractivity contribution in [1.82, 2.24) is 4.90 Å². The Balaban J connectivity index is 1.82. The van der Waals surface area contributed by atoms with Crippen molar-refractivity contribution in [3.63, 3.8) is 0 Å². The molecule has 1 atom stereocenters. The second kappa shape index (κ2) is 10.3. The molecule has 1 unspecified atom stereocenters. The summed E-state index contributed by atoms with van der Waals surface area (Å²) in [6, 6.07) is 11.9. The zero-order valence-electron chi connectivity index (χ0n) is 19.9. The van der Waals surface area contributed by atoms with Crippen LogP contribution in [0.2, 0.25) is 5.02 Å². The van der Waals surface area contributed by atoms with Crippen LogP contribution in [0.1, 0.15) is 22.7 Å². The van der Waals surface area contributed by atoms with Crippen LogP contribution in [0, 0.1) is 5.82 Å². The number of amides is 2. The number of rotatable bonds is 6. The molecule has 0 spiro atoms. The van der Waals surface area contributed by atoms with Crippen molar-refractivity contribution < 1.29 is 28.1 Å². The largest absolute Gasteiger partial charge is 0.497 e. The molecule has 0 radical (unpaired) electrons. The van der Waals surface area contributed by atoms with Gasteiger partial charge in [-0.05, 0) is 53.9 Å². The summed E-state index contributed by atoms with van der Waals surface area (Å²) in [7, 11) is 6.13. The Labute approximate surface area is 208 Å². The van der Waals surface area contributed by atoms with E-state index in [1.807, 2.05) is 6.07 Å². The average Bonchev–Trinajstić information content (AvgIpc) is 2.87. The van der Waals surface area contributed by atoms with E-state index in [-0.39, 0.29) is 10.6 Å². The number of hydrogen-bond acceptors (Lipinski definition) is 5. The molecule has 35 heavy (non-hydrogen) atoms. The molecule has 0 saturated heterocycles. The molecule has 1 aliphatic rings. The highest BCUT2D eigenvalue weighted by atomic mass is 35.5. The normalized spacial score (nSPS) is 14.7. The Hall–Kier alpha value is -3.65. The Morgan fingerprint density at radius 1 is 0.971 bits per heavy atom. The minimum Gasteiger partial charge on any atom is -0.497 e. The van der Waals surface area contributed by atoms with Gasteiger partial charge in [0.15, 0.2) is 11.5 Å². The highest BCUT2D eigenvalue weighted by Gasteiger charge is 2.36. The fourth-order valence-corrected chi connectivity index (χ4v) is 4.61. The Bertz CT molecular complexity index is 1230. The number of urea groups is 1. The second-order valence-electron chi connectivity index (χ2n) is 7.88. The van der Waals surface area contributed by atoms with Crippen molar-refractivity contribution in [2.75, 3.05) is 40.3 Å². The fraction of sp³-hybridized carbons (Fsp3) is 0.269. The van der Waals surface area contributed by atoms with E-state index in [2.05, 4.69) is 5.32 Å². The van der Waals surface area contributed by atoms with Crippen LogP contribution in [-0.2, 0) is 6.42 Å². The van der Waals surface area contributed by atoms with Crippen LogP contribution in [0.4, 0.5) is 14.9 Å². The van der Waals surface area contributed by atoms with Crippen LogP contribution in [0.15, 0.2) is 48.5 Å². The van der Waals surface area contributed by atoms with Crippen molar-refractivity contribution in [3.05, 3.63) is 76.1 Å². The van der Waals surface area contributed by atoms with Gasteiger partial charge in [0.05, 0.1) is 40.2 Å². The molecule has 0 saturated carbocycles. The Morgan fingerprint density at radius 3 is 2.34 bits per heavy atom. The summed E-state index contributed by atoms with van der Waals surface area (Å²) in [5.41, 5.74) is 2.24. The standard InChI is InChI=1S/C26H26ClFN2O5/c1-32-16-8-9-21(33-2)20(13-16)29-26(31)30-11-10-15-12-22(34-3)23(35-4)14-17(15)25(30)24-18(27)6-5-7-19(24)28/h5-9,12-14,25H,10-11H2,1-4H3,(H,29,31). The molecule has 0 bridgehead atoms. The van der Waals surface area contributed by atoms with Gasteiger partial charge in [-0.3, -0.25) is 0 Å². The molecule has 0 fully saturated rings. The quantitative estimate of drug-likeness (QED) is 0.470. The molecule has 3 aromatic carbocycles. The number of carbonyl (C=O) groups is 1. The number of methoxy groups -OCH3 is 4. The molecule has 9 heteroatoms. The summed E-state index contributed by atoms with van der Waals surface area (Å²) in [6.07, 6.45) is 0.529. The monoisotopic (exact) mass is 500 g/mol. The molecule has 2 amide bonds. The van der Waals surface area contributed by atoms with E-state index < -0.39 is 17.9 Å². The first-order chi connectivity index (χ1) is 16.9. The lowest BCUT2D eigenvalue weighted by Crippen LogP contribution is -2.43. The lowest BCUT2D eigenvalue weighted by atomic mass is 9.87. The van der Waals surface area contributed by atoms with Gasteiger partial charge in [-0.1, -0.05) is 17.7 Å². The molecular formula is C26H26ClFN2O5. The van der Waals surface area contributed by atoms with E-state index >= 15 is 4.39 Å². The van der Waals surface area contributed by atoms with Crippen LogP contribution in [0.5, 0.6) is 23.0 Å². The summed E-state index contributed by atoms with van der Waals surface area (Å²) in [4.78, 5) is 15.2. The van der Waals surface area contributed by atoms with Crippen molar-refractivity contribution in [1.29, 1.82) is 0 Å². The van der Waals surface area contributed by atoms with Gasteiger partial charge in [0, 0.05) is 23.2 Å². The number of benzene rings is 3. The summed E-state index contributed by atoms with van der Waals surface area (Å²) in [5.74, 6) is 1.53. The van der Waals surface area contributed by atoms with Crippen LogP contribution < -0.4 is 24.3 Å². The number of halogens is 2. The summed E-state index contributed by atoms with van der Waals surface area (Å²) in [5, 5.41) is 3.10. The maximum atomic E-state index is 15.2. The number of nitrogens with zero attached hydrogens (tertiary/aromatic N) is 1. The lowest BCUT2D eigenvalue weighted by Gasteiger charge is -2.38. The van der Waals surface area contributed by atoms with Crippen molar-refractivity contribution in [2.24, 2.45) is 0 Å². The van der Waals surface area contributed by atoms with Crippen molar-refractivity contribution >= 4 is 23.3 Å². The smallest absolute Gasteiger partial charge is 0.322 e. The van der Waals surface area contributed by atoms with Crippen molar-refractivity contribution in [2.45, 2.75) is 12.5 Å². The second-order valence-corrected chi connectivity index (χ2v) is 8.29. The first kappa shape index (κ1) is 24.5. The van der Waals surface area contributed by atoms with Gasteiger partial charge in [-0.15, -0.1) is 0 Å². The van der Waals surface area contributed by atoms with Gasteiger partial charge in [0.1, 0.15) is 17.3 Å². The number of anilines is 1. The van der Waals surface area contributed by atoms with Crippen molar-refractivity contribution in [3.8, 4) is 23.0 Å². The van der Waals surface area contributed by atoms with Crippen LogP contribution >= 0.6 is 11.6 Å². The van der Waals surface area contributed by atoms with Crippen LogP contribution in [0.3, 0.4) is 0 Å². The number of fused-ring (bicyclic) bond motifs is 1. The van der Waals surface area contributed by atoms with E-state index in [0.29, 0.717) is 47.2 Å². The Morgan fingerprint density at radius 2 is 1.69 bits per heavy atom. The number of nitrogens with one attached hydrogen (secondary N) is 1. The average molecular weight is 501 g/mol. The van der Waals surface area contributed by atoms with E-state index in [9.17, 15) is 4.79 Å². The molecule has 3 aromatic rings. The molecule has 184 valence electrons. The molecule has 7 nitrogen and oxygen atoms in total. The van der Waals surface area contributed by atoms with E-state index in [4.69, 9.17) is 30.5 Å². The minimum absolute atomic E-state index is 0.204. The zero-order chi connectivity index (χ0) is 25.1. The van der Waals surface area contributed by atoms with Gasteiger partial charge < -0.3 is 29.2 Å². The molecule has 1 N–H and O–H groups in total. The SMILES string of the molecule is COc1ccc(OC)c(NC(=O)N2CCc3cc(OC)c(OC)cc3C2c2c(F)cccc2Cl)c1. The third kappa shape index (κ3) is 4.66. The van der Waals surface area contributed by atoms with Gasteiger partial charge in [-0.25, -0.2) is 9.18 Å². The van der Waals surface area contributed by atoms with Gasteiger partial charge >= 0.3 is 6.03 Å². The van der Waals surface area contributed by atoms with E-state index in [1.165, 1.54) is 33.5 Å². The van der Waals surface area contributed by atoms with E-state index in [1.54, 1.807) is 42.3 Å². The summed E-state index contributed by atoms with van der Waals surface area (Å²) >= 11 is 6.49. The van der Waals surface area contributed by atoms with Crippen LogP contribution in [0.25, 0.3) is 0 Å². The number of hydrogen-bond donors (Lipinski definition) is 1. The third-order valence-corrected chi connectivity index (χ3v) is 6.39. The maximum absolute atomic E-state index is 15.2. The first-order valence-electron chi connectivity index (χ1n) is 10.9. The predicted molar refractivity (Wildman–Crippen MR) is 132 cm³/mol. The number of carbonyl (C=O) groups excluding carboxylic acids is 1. The van der Waals surface area contributed by atoms with E-state index in [0.717, 1.165) is 5.56 Å². The van der Waals surface area contributed by atoms with Crippen LogP contribution in [-0.4, -0.2) is 45.9 Å². The summed E-state index contributed by atoms with van der Waals surface area (Å²) in [6.45, 7) is 0.315. The minimum atomic E-state index is -0.802. The fourth-order valence-electron chi connectivity index (χ4n) is 4.35. The molecule has 0 aromatic heterocycles. The highest BCUT2D eigenvalue weighted by Crippen LogP contribution is 2.44. The maximum Gasteiger partial charge on any atom is 0.322 e. The molecule has 0 aliphatic carbocycles. The Kier molecular flexibility index (Phi) is 7.21. The molecule has 4 rings (SSSR count). The lowest BCUT2D eigenvalue weighted by molar-refractivity contribution is 0.192. The van der Waals surface area contributed by atoms with Gasteiger partial charge in [-0.2, -0.15) is 0 Å². The van der Waals surface area contributed by atoms with Gasteiger partial charge in [0.2, 0.25) is 0 Å². The topological polar surface area (TPSA) is 69.3 Å². The predicted octanol–water partition coefficient (Wildman–Crippen LogP) is 5.69. The van der Waals surface area contributed by atoms with Gasteiger partial charge in [0.25, 0.3) is 0 Å². The zero-order valence-corrected chi connectivity index (χ0v) is 20.6. The number of ether oxygens (including phenoxy) is 4. The first-order valence-corrected chi connectivity index (χ1v) is 11.3. The molecule has 1 heterocycles. The highest BCUT2D eigenvalue weighted by molar-refractivity contribution is 6.31.